The van der Waals surface area contributed by atoms with Gasteiger partial charge in [-0.3, -0.25) is 9.78 Å². The van der Waals surface area contributed by atoms with Gasteiger partial charge in [0.05, 0.1) is 36.0 Å². The van der Waals surface area contributed by atoms with E-state index in [1.807, 2.05) is 11.8 Å². The molecule has 0 bridgehead atoms. The van der Waals surface area contributed by atoms with E-state index < -0.39 is 19.3 Å². The Bertz CT molecular complexity index is 1300. The molecular weight excluding hydrogens is 463 g/mol. The van der Waals surface area contributed by atoms with E-state index >= 15 is 0 Å². The summed E-state index contributed by atoms with van der Waals surface area (Å²) in [6.07, 6.45) is -1.90. The number of hydrogen-bond acceptors (Lipinski definition) is 6. The number of pyridine rings is 1. The molecule has 0 spiro atoms. The van der Waals surface area contributed by atoms with Gasteiger partial charge in [0, 0.05) is 25.0 Å². The van der Waals surface area contributed by atoms with E-state index in [4.69, 9.17) is 4.74 Å². The molecule has 180 valence electrons. The van der Waals surface area contributed by atoms with Crippen molar-refractivity contribution in [3.05, 3.63) is 30.6 Å². The smallest absolute Gasteiger partial charge is 0.377 e. The number of ether oxygens (including phenoxy) is 1. The Morgan fingerprint density at radius 3 is 2.74 bits per heavy atom. The minimum atomic E-state index is -4.55. The van der Waals surface area contributed by atoms with Crippen molar-refractivity contribution >= 4 is 16.7 Å². The van der Waals surface area contributed by atoms with Crippen molar-refractivity contribution in [1.29, 1.82) is 0 Å². The van der Waals surface area contributed by atoms with Gasteiger partial charge in [-0.25, -0.2) is 9.67 Å². The summed E-state index contributed by atoms with van der Waals surface area (Å²) in [5.74, 6) is 0. The number of aromatic amines is 1. The zero-order chi connectivity index (χ0) is 24.0. The first-order valence-corrected chi connectivity index (χ1v) is 10.4. The predicted octanol–water partition coefficient (Wildman–Crippen LogP) is 3.87. The molecule has 5 heterocycles. The number of morpholine rings is 1. The quantitative estimate of drug-likeness (QED) is 0.435. The van der Waals surface area contributed by atoms with Gasteiger partial charge in [0.15, 0.2) is 0 Å². The molecule has 1 fully saturated rings. The average Bonchev–Trinajstić information content (AvgIpc) is 3.52. The largest absolute Gasteiger partial charge is 0.408 e. The van der Waals surface area contributed by atoms with Crippen molar-refractivity contribution < 1.29 is 26.7 Å². The third-order valence-corrected chi connectivity index (χ3v) is 5.56. The first-order chi connectivity index (χ1) is 16.2. The monoisotopic (exact) mass is 482 g/mol. The molecule has 0 radical (unpaired) electrons. The Morgan fingerprint density at radius 2 is 2.06 bits per heavy atom. The number of nitrogens with one attached hydrogen (secondary N) is 1. The molecule has 5 rings (SSSR count). The van der Waals surface area contributed by atoms with Gasteiger partial charge in [-0.15, -0.1) is 0 Å². The van der Waals surface area contributed by atoms with Crippen molar-refractivity contribution in [2.45, 2.75) is 32.2 Å². The molecule has 0 aromatic carbocycles. The van der Waals surface area contributed by atoms with Crippen LogP contribution in [-0.4, -0.2) is 66.7 Å². The van der Waals surface area contributed by atoms with E-state index in [0.29, 0.717) is 35.8 Å². The van der Waals surface area contributed by atoms with Gasteiger partial charge in [0.25, 0.3) is 0 Å². The fourth-order valence-electron chi connectivity index (χ4n) is 4.12. The summed E-state index contributed by atoms with van der Waals surface area (Å²) in [7, 11) is 0. The normalized spacial score (nSPS) is 17.3. The molecule has 4 aromatic heterocycles. The van der Waals surface area contributed by atoms with Gasteiger partial charge in [-0.1, -0.05) is 0 Å². The summed E-state index contributed by atoms with van der Waals surface area (Å²) < 4.78 is 74.4. The maximum atomic E-state index is 13.6. The highest BCUT2D eigenvalue weighted by molar-refractivity contribution is 5.99. The molecule has 1 saturated heterocycles. The maximum Gasteiger partial charge on any atom is 0.408 e. The van der Waals surface area contributed by atoms with Gasteiger partial charge in [0.2, 0.25) is 0 Å². The molecule has 0 aliphatic carbocycles. The topological polar surface area (TPSA) is 89.7 Å². The Morgan fingerprint density at radius 1 is 1.24 bits per heavy atom. The number of H-pyrrole nitrogens is 1. The highest BCUT2D eigenvalue weighted by Crippen LogP contribution is 2.38. The Balaban J connectivity index is 1.82. The maximum absolute atomic E-state index is 13.6. The van der Waals surface area contributed by atoms with Crippen LogP contribution >= 0.6 is 0 Å². The molecule has 0 amide bonds. The van der Waals surface area contributed by atoms with E-state index in [2.05, 4.69) is 25.4 Å². The number of nitrogens with zero attached hydrogens (tertiary/aromatic N) is 7. The van der Waals surface area contributed by atoms with Crippen molar-refractivity contribution in [2.75, 3.05) is 24.7 Å². The molecule has 1 aliphatic heterocycles. The summed E-state index contributed by atoms with van der Waals surface area (Å²) in [6, 6.07) is 4.25. The number of halogens is 5. The lowest BCUT2D eigenvalue weighted by Gasteiger charge is -2.36. The SMILES string of the molecule is CC1COCCN1c1cc(-c2ccnn2C(F)F)nc2c(-c3ccn[nH]3)nn(CC(F)(F)F)c12. The highest BCUT2D eigenvalue weighted by atomic mass is 19.4. The van der Waals surface area contributed by atoms with Gasteiger partial charge in [-0.2, -0.15) is 37.2 Å². The van der Waals surface area contributed by atoms with E-state index in [1.54, 1.807) is 6.07 Å². The first-order valence-electron chi connectivity index (χ1n) is 10.4. The summed E-state index contributed by atoms with van der Waals surface area (Å²) in [4.78, 5) is 6.38. The van der Waals surface area contributed by atoms with Crippen LogP contribution in [-0.2, 0) is 11.3 Å². The summed E-state index contributed by atoms with van der Waals surface area (Å²) >= 11 is 0. The number of aromatic nitrogens is 7. The fourth-order valence-corrected chi connectivity index (χ4v) is 4.12. The Labute approximate surface area is 189 Å². The second-order valence-electron chi connectivity index (χ2n) is 7.87. The number of fused-ring (bicyclic) bond motifs is 1. The van der Waals surface area contributed by atoms with Crippen LogP contribution in [0, 0.1) is 0 Å². The zero-order valence-corrected chi connectivity index (χ0v) is 17.8. The van der Waals surface area contributed by atoms with Crippen LogP contribution in [0.2, 0.25) is 0 Å². The van der Waals surface area contributed by atoms with Crippen LogP contribution in [0.25, 0.3) is 33.8 Å². The summed E-state index contributed by atoms with van der Waals surface area (Å²) in [5.41, 5.74) is 1.29. The van der Waals surface area contributed by atoms with Crippen molar-refractivity contribution in [3.8, 4) is 22.8 Å². The Kier molecular flexibility index (Phi) is 5.46. The minimum Gasteiger partial charge on any atom is -0.377 e. The first kappa shape index (κ1) is 22.3. The van der Waals surface area contributed by atoms with Gasteiger partial charge < -0.3 is 9.64 Å². The average molecular weight is 482 g/mol. The van der Waals surface area contributed by atoms with Gasteiger partial charge in [-0.05, 0) is 25.1 Å². The molecule has 14 heteroatoms. The number of anilines is 1. The lowest BCUT2D eigenvalue weighted by Crippen LogP contribution is -2.44. The second-order valence-corrected chi connectivity index (χ2v) is 7.87. The minimum absolute atomic E-state index is 0.0261. The van der Waals surface area contributed by atoms with Crippen LogP contribution in [0.5, 0.6) is 0 Å². The summed E-state index contributed by atoms with van der Waals surface area (Å²) in [6.45, 7) is -1.29. The van der Waals surface area contributed by atoms with Gasteiger partial charge >= 0.3 is 12.7 Å². The molecule has 1 atom stereocenters. The molecule has 4 aromatic rings. The van der Waals surface area contributed by atoms with Crippen molar-refractivity contribution in [1.82, 2.24) is 34.7 Å². The van der Waals surface area contributed by atoms with Crippen molar-refractivity contribution in [2.24, 2.45) is 0 Å². The van der Waals surface area contributed by atoms with Crippen LogP contribution in [0.15, 0.2) is 30.6 Å². The van der Waals surface area contributed by atoms with E-state index in [0.717, 1.165) is 4.68 Å². The summed E-state index contributed by atoms with van der Waals surface area (Å²) in [5, 5.41) is 14.4. The van der Waals surface area contributed by atoms with E-state index in [9.17, 15) is 22.0 Å². The third-order valence-electron chi connectivity index (χ3n) is 5.56. The van der Waals surface area contributed by atoms with Crippen LogP contribution in [0.1, 0.15) is 13.5 Å². The highest BCUT2D eigenvalue weighted by Gasteiger charge is 2.33. The van der Waals surface area contributed by atoms with Crippen LogP contribution < -0.4 is 4.90 Å². The second kappa shape index (κ2) is 8.34. The van der Waals surface area contributed by atoms with E-state index in [1.165, 1.54) is 24.5 Å². The number of hydrogen-bond donors (Lipinski definition) is 1. The molecule has 1 N–H and O–H groups in total. The molecule has 1 unspecified atom stereocenters. The molecule has 1 aliphatic rings. The molecule has 9 nitrogen and oxygen atoms in total. The zero-order valence-electron chi connectivity index (χ0n) is 17.8. The standard InChI is InChI=1S/C20H19F5N8O/c1-11-9-34-7-6-31(11)15-8-13(14-3-5-27-33(14)19(21)22)28-17-16(12-2-4-26-29-12)30-32(18(15)17)10-20(23,24)25/h2-5,8,11,19H,6-7,9-10H2,1H3,(H,26,29). The predicted molar refractivity (Wildman–Crippen MR) is 111 cm³/mol. The van der Waals surface area contributed by atoms with Crippen LogP contribution in [0.4, 0.5) is 27.6 Å². The molecular formula is C20H19F5N8O. The number of rotatable bonds is 5. The third kappa shape index (κ3) is 3.97. The lowest BCUT2D eigenvalue weighted by molar-refractivity contribution is -0.141. The fraction of sp³-hybridized carbons (Fsp3) is 0.400. The lowest BCUT2D eigenvalue weighted by atomic mass is 10.1. The number of alkyl halides is 5. The van der Waals surface area contributed by atoms with Gasteiger partial charge in [0.1, 0.15) is 23.3 Å². The van der Waals surface area contributed by atoms with Crippen molar-refractivity contribution in [3.63, 3.8) is 0 Å². The van der Waals surface area contributed by atoms with E-state index in [-0.39, 0.29) is 34.2 Å². The molecule has 0 saturated carbocycles. The molecule has 34 heavy (non-hydrogen) atoms. The Hall–Kier alpha value is -3.55. The van der Waals surface area contributed by atoms with Crippen LogP contribution in [0.3, 0.4) is 0 Å².